The first-order valence-electron chi connectivity index (χ1n) is 7.51. The van der Waals surface area contributed by atoms with Crippen molar-refractivity contribution in [3.8, 4) is 5.95 Å². The summed E-state index contributed by atoms with van der Waals surface area (Å²) in [5, 5.41) is 6.55. The van der Waals surface area contributed by atoms with Crippen molar-refractivity contribution in [2.75, 3.05) is 17.2 Å². The van der Waals surface area contributed by atoms with Crippen molar-refractivity contribution in [1.29, 1.82) is 0 Å². The van der Waals surface area contributed by atoms with Crippen molar-refractivity contribution in [3.05, 3.63) is 18.7 Å². The summed E-state index contributed by atoms with van der Waals surface area (Å²) < 4.78 is 1.78. The van der Waals surface area contributed by atoms with Crippen LogP contribution in [0.2, 0.25) is 0 Å². The van der Waals surface area contributed by atoms with Gasteiger partial charge in [0.25, 0.3) is 0 Å². The van der Waals surface area contributed by atoms with Crippen LogP contribution in [-0.2, 0) is 0 Å². The third-order valence-corrected chi connectivity index (χ3v) is 3.91. The molecule has 0 aromatic carbocycles. The molecule has 7 heteroatoms. The van der Waals surface area contributed by atoms with Gasteiger partial charge in [-0.1, -0.05) is 6.42 Å². The molecule has 0 saturated heterocycles. The lowest BCUT2D eigenvalue weighted by atomic mass is 9.80. The molecule has 0 radical (unpaired) electrons. The zero-order valence-corrected chi connectivity index (χ0v) is 12.5. The third-order valence-electron chi connectivity index (χ3n) is 3.91. The molecule has 1 atom stereocenters. The van der Waals surface area contributed by atoms with E-state index in [9.17, 15) is 0 Å². The standard InChI is InChI=1S/C14H21N7/c1-3-16-12-18-13(17-10(2)11-5-4-6-11)20-14(19-12)21-8-7-15-9-21/h7-11H,3-6H2,1-2H3,(H2,16,17,18,19,20). The Morgan fingerprint density at radius 2 is 2.10 bits per heavy atom. The molecule has 0 spiro atoms. The summed E-state index contributed by atoms with van der Waals surface area (Å²) in [6.45, 7) is 4.98. The van der Waals surface area contributed by atoms with Crippen LogP contribution in [0.5, 0.6) is 0 Å². The summed E-state index contributed by atoms with van der Waals surface area (Å²) in [6, 6.07) is 0.381. The molecule has 2 N–H and O–H groups in total. The second-order valence-electron chi connectivity index (χ2n) is 5.41. The molecule has 2 aromatic heterocycles. The normalized spacial score (nSPS) is 16.3. The highest BCUT2D eigenvalue weighted by Crippen LogP contribution is 2.30. The van der Waals surface area contributed by atoms with Gasteiger partial charge in [-0.2, -0.15) is 15.0 Å². The molecule has 1 saturated carbocycles. The van der Waals surface area contributed by atoms with Gasteiger partial charge in [0.05, 0.1) is 0 Å². The molecule has 1 aliphatic carbocycles. The van der Waals surface area contributed by atoms with Crippen LogP contribution < -0.4 is 10.6 Å². The maximum absolute atomic E-state index is 4.49. The Balaban J connectivity index is 1.84. The van der Waals surface area contributed by atoms with Crippen LogP contribution in [0.1, 0.15) is 33.1 Å². The van der Waals surface area contributed by atoms with E-state index < -0.39 is 0 Å². The number of anilines is 2. The van der Waals surface area contributed by atoms with Crippen molar-refractivity contribution >= 4 is 11.9 Å². The molecule has 3 rings (SSSR count). The first kappa shape index (κ1) is 13.8. The van der Waals surface area contributed by atoms with Gasteiger partial charge in [-0.15, -0.1) is 0 Å². The Hall–Kier alpha value is -2.18. The molecule has 1 unspecified atom stereocenters. The van der Waals surface area contributed by atoms with Gasteiger partial charge in [0.2, 0.25) is 17.8 Å². The summed E-state index contributed by atoms with van der Waals surface area (Å²) >= 11 is 0. The number of hydrogen-bond donors (Lipinski definition) is 2. The SMILES string of the molecule is CCNc1nc(NC(C)C2CCC2)nc(-n2ccnc2)n1. The fourth-order valence-electron chi connectivity index (χ4n) is 2.42. The first-order valence-corrected chi connectivity index (χ1v) is 7.51. The summed E-state index contributed by atoms with van der Waals surface area (Å²) in [7, 11) is 0. The smallest absolute Gasteiger partial charge is 0.241 e. The van der Waals surface area contributed by atoms with E-state index in [1.54, 1.807) is 17.1 Å². The Kier molecular flexibility index (Phi) is 3.98. The largest absolute Gasteiger partial charge is 0.354 e. The van der Waals surface area contributed by atoms with Crippen LogP contribution >= 0.6 is 0 Å². The fraction of sp³-hybridized carbons (Fsp3) is 0.571. The highest BCUT2D eigenvalue weighted by atomic mass is 15.3. The molecule has 0 amide bonds. The average Bonchev–Trinajstić information content (AvgIpc) is 2.90. The van der Waals surface area contributed by atoms with E-state index in [2.05, 4.69) is 37.5 Å². The van der Waals surface area contributed by atoms with E-state index in [1.807, 2.05) is 13.1 Å². The Bertz CT molecular complexity index is 577. The number of imidazole rings is 1. The van der Waals surface area contributed by atoms with Gasteiger partial charge in [-0.3, -0.25) is 4.57 Å². The molecule has 2 heterocycles. The molecule has 21 heavy (non-hydrogen) atoms. The van der Waals surface area contributed by atoms with Crippen LogP contribution in [0, 0.1) is 5.92 Å². The van der Waals surface area contributed by atoms with Crippen LogP contribution in [-0.4, -0.2) is 37.1 Å². The molecule has 1 fully saturated rings. The topological polar surface area (TPSA) is 80.5 Å². The minimum Gasteiger partial charge on any atom is -0.354 e. The van der Waals surface area contributed by atoms with Crippen molar-refractivity contribution in [2.24, 2.45) is 5.92 Å². The lowest BCUT2D eigenvalue weighted by Crippen LogP contribution is -2.31. The van der Waals surface area contributed by atoms with E-state index in [1.165, 1.54) is 19.3 Å². The maximum atomic E-state index is 4.49. The van der Waals surface area contributed by atoms with Gasteiger partial charge in [0.1, 0.15) is 6.33 Å². The van der Waals surface area contributed by atoms with Crippen LogP contribution in [0.3, 0.4) is 0 Å². The van der Waals surface area contributed by atoms with E-state index in [0.29, 0.717) is 23.9 Å². The number of hydrogen-bond acceptors (Lipinski definition) is 6. The van der Waals surface area contributed by atoms with Gasteiger partial charge in [0.15, 0.2) is 0 Å². The van der Waals surface area contributed by atoms with E-state index in [4.69, 9.17) is 0 Å². The highest BCUT2D eigenvalue weighted by molar-refractivity contribution is 5.38. The summed E-state index contributed by atoms with van der Waals surface area (Å²) in [5.41, 5.74) is 0. The predicted molar refractivity (Wildman–Crippen MR) is 81.5 cm³/mol. The minimum atomic E-state index is 0.381. The number of nitrogens with one attached hydrogen (secondary N) is 2. The molecule has 0 bridgehead atoms. The number of rotatable bonds is 6. The zero-order valence-electron chi connectivity index (χ0n) is 12.5. The highest BCUT2D eigenvalue weighted by Gasteiger charge is 2.24. The van der Waals surface area contributed by atoms with Crippen LogP contribution in [0.4, 0.5) is 11.9 Å². The molecule has 112 valence electrons. The average molecular weight is 287 g/mol. The predicted octanol–water partition coefficient (Wildman–Crippen LogP) is 2.09. The van der Waals surface area contributed by atoms with Crippen molar-refractivity contribution in [2.45, 2.75) is 39.2 Å². The number of aromatic nitrogens is 5. The molecular formula is C14H21N7. The Morgan fingerprint density at radius 1 is 1.29 bits per heavy atom. The zero-order chi connectivity index (χ0) is 14.7. The van der Waals surface area contributed by atoms with E-state index >= 15 is 0 Å². The third kappa shape index (κ3) is 3.12. The maximum Gasteiger partial charge on any atom is 0.241 e. The summed E-state index contributed by atoms with van der Waals surface area (Å²) in [4.78, 5) is 17.4. The van der Waals surface area contributed by atoms with Crippen LogP contribution in [0.15, 0.2) is 18.7 Å². The quantitative estimate of drug-likeness (QED) is 0.846. The lowest BCUT2D eigenvalue weighted by molar-refractivity contribution is 0.284. The van der Waals surface area contributed by atoms with Gasteiger partial charge in [0, 0.05) is 25.0 Å². The van der Waals surface area contributed by atoms with E-state index in [-0.39, 0.29) is 0 Å². The summed E-state index contributed by atoms with van der Waals surface area (Å²) in [5.74, 6) is 2.49. The van der Waals surface area contributed by atoms with Gasteiger partial charge < -0.3 is 10.6 Å². The molecule has 7 nitrogen and oxygen atoms in total. The lowest BCUT2D eigenvalue weighted by Gasteiger charge is -2.31. The first-order chi connectivity index (χ1) is 10.3. The molecule has 1 aliphatic rings. The van der Waals surface area contributed by atoms with Gasteiger partial charge in [-0.25, -0.2) is 4.98 Å². The van der Waals surface area contributed by atoms with Crippen molar-refractivity contribution < 1.29 is 0 Å². The molecular weight excluding hydrogens is 266 g/mol. The van der Waals surface area contributed by atoms with E-state index in [0.717, 1.165) is 12.5 Å². The van der Waals surface area contributed by atoms with Gasteiger partial charge in [-0.05, 0) is 32.6 Å². The van der Waals surface area contributed by atoms with Crippen molar-refractivity contribution in [3.63, 3.8) is 0 Å². The number of nitrogens with zero attached hydrogens (tertiary/aromatic N) is 5. The van der Waals surface area contributed by atoms with Crippen molar-refractivity contribution in [1.82, 2.24) is 24.5 Å². The second kappa shape index (κ2) is 6.07. The second-order valence-corrected chi connectivity index (χ2v) is 5.41. The van der Waals surface area contributed by atoms with Crippen LogP contribution in [0.25, 0.3) is 5.95 Å². The minimum absolute atomic E-state index is 0.381. The molecule has 2 aromatic rings. The Labute approximate surface area is 124 Å². The molecule has 0 aliphatic heterocycles. The Morgan fingerprint density at radius 3 is 2.71 bits per heavy atom. The summed E-state index contributed by atoms with van der Waals surface area (Å²) in [6.07, 6.45) is 9.12. The van der Waals surface area contributed by atoms with Gasteiger partial charge >= 0.3 is 0 Å². The monoisotopic (exact) mass is 287 g/mol. The fourth-order valence-corrected chi connectivity index (χ4v) is 2.42.